The molecule has 25 heavy (non-hydrogen) atoms. The molecule has 0 saturated heterocycles. The van der Waals surface area contributed by atoms with Crippen molar-refractivity contribution in [1.82, 2.24) is 0 Å². The standard InChI is InChI=1S/C18H16F2N2O3/c19-18(20)25-15-8-6-13(7-9-15)21-17(24)12-2-1-3-14(10-12)22-16(23)11-4-5-11/h1-3,6-11,18H,4-5H2,(H,21,24)(H,22,23). The molecular formula is C18H16F2N2O3. The lowest BCUT2D eigenvalue weighted by molar-refractivity contribution is -0.117. The maximum Gasteiger partial charge on any atom is 0.387 e. The molecule has 0 bridgehead atoms. The third-order valence-electron chi connectivity index (χ3n) is 3.68. The number of hydrogen-bond donors (Lipinski definition) is 2. The largest absolute Gasteiger partial charge is 0.435 e. The van der Waals surface area contributed by atoms with E-state index < -0.39 is 6.61 Å². The lowest BCUT2D eigenvalue weighted by atomic mass is 10.1. The summed E-state index contributed by atoms with van der Waals surface area (Å²) in [6, 6.07) is 12.2. The van der Waals surface area contributed by atoms with Gasteiger partial charge in [0.25, 0.3) is 5.91 Å². The first-order chi connectivity index (χ1) is 12.0. The quantitative estimate of drug-likeness (QED) is 0.834. The molecule has 1 fully saturated rings. The van der Waals surface area contributed by atoms with Gasteiger partial charge in [-0.25, -0.2) is 0 Å². The number of rotatable bonds is 6. The summed E-state index contributed by atoms with van der Waals surface area (Å²) in [4.78, 5) is 24.1. The highest BCUT2D eigenvalue weighted by molar-refractivity contribution is 6.05. The molecule has 1 aliphatic rings. The molecule has 2 aromatic carbocycles. The predicted octanol–water partition coefficient (Wildman–Crippen LogP) is 3.89. The molecule has 2 N–H and O–H groups in total. The Morgan fingerprint density at radius 3 is 2.36 bits per heavy atom. The number of benzene rings is 2. The van der Waals surface area contributed by atoms with Crippen molar-refractivity contribution in [3.8, 4) is 5.75 Å². The van der Waals surface area contributed by atoms with E-state index >= 15 is 0 Å². The number of nitrogens with one attached hydrogen (secondary N) is 2. The van der Waals surface area contributed by atoms with Gasteiger partial charge in [0.05, 0.1) is 0 Å². The Morgan fingerprint density at radius 2 is 1.72 bits per heavy atom. The first kappa shape index (κ1) is 16.9. The van der Waals surface area contributed by atoms with Crippen LogP contribution in [0.4, 0.5) is 20.2 Å². The van der Waals surface area contributed by atoms with Crippen molar-refractivity contribution in [2.75, 3.05) is 10.6 Å². The molecular weight excluding hydrogens is 330 g/mol. The lowest BCUT2D eigenvalue weighted by Gasteiger charge is -2.09. The number of anilines is 2. The minimum absolute atomic E-state index is 0.0118. The second-order valence-electron chi connectivity index (χ2n) is 5.70. The van der Waals surface area contributed by atoms with Crippen molar-refractivity contribution in [3.63, 3.8) is 0 Å². The van der Waals surface area contributed by atoms with Crippen LogP contribution in [0.1, 0.15) is 23.2 Å². The molecule has 130 valence electrons. The number of alkyl halides is 2. The SMILES string of the molecule is O=C(Nc1ccc(OC(F)F)cc1)c1cccc(NC(=O)C2CC2)c1. The van der Waals surface area contributed by atoms with Crippen LogP contribution in [0.25, 0.3) is 0 Å². The number of ether oxygens (including phenoxy) is 1. The lowest BCUT2D eigenvalue weighted by Crippen LogP contribution is -2.15. The molecule has 5 nitrogen and oxygen atoms in total. The fourth-order valence-corrected chi connectivity index (χ4v) is 2.25. The monoisotopic (exact) mass is 346 g/mol. The van der Waals surface area contributed by atoms with E-state index in [1.165, 1.54) is 24.3 Å². The van der Waals surface area contributed by atoms with E-state index in [1.807, 2.05) is 0 Å². The molecule has 0 radical (unpaired) electrons. The van der Waals surface area contributed by atoms with Crippen LogP contribution in [-0.4, -0.2) is 18.4 Å². The van der Waals surface area contributed by atoms with Gasteiger partial charge in [-0.3, -0.25) is 9.59 Å². The Hall–Kier alpha value is -2.96. The Bertz CT molecular complexity index is 774. The summed E-state index contributed by atoms with van der Waals surface area (Å²) >= 11 is 0. The number of halogens is 2. The summed E-state index contributed by atoms with van der Waals surface area (Å²) < 4.78 is 28.5. The number of carbonyl (C=O) groups is 2. The molecule has 1 aliphatic carbocycles. The molecule has 1 saturated carbocycles. The second kappa shape index (κ2) is 7.29. The molecule has 0 aliphatic heterocycles. The van der Waals surface area contributed by atoms with Gasteiger partial charge in [-0.1, -0.05) is 6.07 Å². The van der Waals surface area contributed by atoms with Gasteiger partial charge >= 0.3 is 6.61 Å². The second-order valence-corrected chi connectivity index (χ2v) is 5.70. The third kappa shape index (κ3) is 4.76. The van der Waals surface area contributed by atoms with Gasteiger partial charge in [0.1, 0.15) is 5.75 Å². The molecule has 0 aromatic heterocycles. The fourth-order valence-electron chi connectivity index (χ4n) is 2.25. The van der Waals surface area contributed by atoms with Crippen LogP contribution < -0.4 is 15.4 Å². The van der Waals surface area contributed by atoms with Gasteiger partial charge in [-0.15, -0.1) is 0 Å². The Labute approximate surface area is 143 Å². The Morgan fingerprint density at radius 1 is 1.00 bits per heavy atom. The highest BCUT2D eigenvalue weighted by Gasteiger charge is 2.29. The Balaban J connectivity index is 1.63. The van der Waals surface area contributed by atoms with E-state index in [1.54, 1.807) is 24.3 Å². The van der Waals surface area contributed by atoms with E-state index in [-0.39, 0.29) is 23.5 Å². The molecule has 0 atom stereocenters. The van der Waals surface area contributed by atoms with Crippen LogP contribution in [-0.2, 0) is 4.79 Å². The summed E-state index contributed by atoms with van der Waals surface area (Å²) in [7, 11) is 0. The molecule has 7 heteroatoms. The average molecular weight is 346 g/mol. The van der Waals surface area contributed by atoms with Crippen LogP contribution in [0.15, 0.2) is 48.5 Å². The summed E-state index contributed by atoms with van der Waals surface area (Å²) in [6.45, 7) is -2.89. The summed E-state index contributed by atoms with van der Waals surface area (Å²) in [6.07, 6.45) is 1.80. The molecule has 0 heterocycles. The highest BCUT2D eigenvalue weighted by Crippen LogP contribution is 2.30. The Kier molecular flexibility index (Phi) is 4.92. The van der Waals surface area contributed by atoms with Gasteiger partial charge in [0.2, 0.25) is 5.91 Å². The minimum atomic E-state index is -2.89. The van der Waals surface area contributed by atoms with Crippen LogP contribution in [0.3, 0.4) is 0 Å². The zero-order chi connectivity index (χ0) is 17.8. The predicted molar refractivity (Wildman–Crippen MR) is 88.8 cm³/mol. The first-order valence-corrected chi connectivity index (χ1v) is 7.78. The fraction of sp³-hybridized carbons (Fsp3) is 0.222. The van der Waals surface area contributed by atoms with Crippen LogP contribution >= 0.6 is 0 Å². The summed E-state index contributed by atoms with van der Waals surface area (Å²) in [5.74, 6) is -0.318. The van der Waals surface area contributed by atoms with Crippen molar-refractivity contribution < 1.29 is 23.1 Å². The highest BCUT2D eigenvalue weighted by atomic mass is 19.3. The molecule has 3 rings (SSSR count). The van der Waals surface area contributed by atoms with Gasteiger partial charge in [-0.2, -0.15) is 8.78 Å². The maximum atomic E-state index is 12.3. The zero-order valence-electron chi connectivity index (χ0n) is 13.2. The van der Waals surface area contributed by atoms with E-state index in [2.05, 4.69) is 15.4 Å². The molecule has 0 spiro atoms. The van der Waals surface area contributed by atoms with E-state index in [0.29, 0.717) is 16.9 Å². The van der Waals surface area contributed by atoms with E-state index in [4.69, 9.17) is 0 Å². The topological polar surface area (TPSA) is 67.4 Å². The van der Waals surface area contributed by atoms with Crippen molar-refractivity contribution >= 4 is 23.2 Å². The molecule has 2 aromatic rings. The van der Waals surface area contributed by atoms with Gasteiger partial charge in [0.15, 0.2) is 0 Å². The maximum absolute atomic E-state index is 12.3. The van der Waals surface area contributed by atoms with Crippen molar-refractivity contribution in [3.05, 3.63) is 54.1 Å². The summed E-state index contributed by atoms with van der Waals surface area (Å²) in [5, 5.41) is 5.44. The van der Waals surface area contributed by atoms with Crippen LogP contribution in [0.5, 0.6) is 5.75 Å². The van der Waals surface area contributed by atoms with Crippen LogP contribution in [0, 0.1) is 5.92 Å². The van der Waals surface area contributed by atoms with Crippen molar-refractivity contribution in [2.45, 2.75) is 19.5 Å². The normalized spacial score (nSPS) is 13.4. The van der Waals surface area contributed by atoms with Crippen LogP contribution in [0.2, 0.25) is 0 Å². The smallest absolute Gasteiger partial charge is 0.387 e. The molecule has 2 amide bonds. The van der Waals surface area contributed by atoms with Crippen molar-refractivity contribution in [1.29, 1.82) is 0 Å². The summed E-state index contributed by atoms with van der Waals surface area (Å²) in [5.41, 5.74) is 1.38. The van der Waals surface area contributed by atoms with E-state index in [0.717, 1.165) is 12.8 Å². The van der Waals surface area contributed by atoms with Gasteiger partial charge < -0.3 is 15.4 Å². The minimum Gasteiger partial charge on any atom is -0.435 e. The first-order valence-electron chi connectivity index (χ1n) is 7.78. The third-order valence-corrected chi connectivity index (χ3v) is 3.68. The van der Waals surface area contributed by atoms with E-state index in [9.17, 15) is 18.4 Å². The van der Waals surface area contributed by atoms with Gasteiger partial charge in [-0.05, 0) is 55.3 Å². The van der Waals surface area contributed by atoms with Gasteiger partial charge in [0, 0.05) is 22.9 Å². The number of hydrogen-bond acceptors (Lipinski definition) is 3. The number of amides is 2. The zero-order valence-corrected chi connectivity index (χ0v) is 13.2. The molecule has 0 unspecified atom stereocenters. The average Bonchev–Trinajstić information content (AvgIpc) is 3.41. The van der Waals surface area contributed by atoms with Crippen molar-refractivity contribution in [2.24, 2.45) is 5.92 Å². The number of carbonyl (C=O) groups excluding carboxylic acids is 2.